The largest absolute Gasteiger partial charge is 0.494 e. The number of morpholine rings is 1. The summed E-state index contributed by atoms with van der Waals surface area (Å²) in [7, 11) is 1.64. The molecule has 8 nitrogen and oxygen atoms in total. The molecule has 1 aliphatic heterocycles. The molecule has 0 unspecified atom stereocenters. The van der Waals surface area contributed by atoms with Crippen molar-refractivity contribution in [2.75, 3.05) is 40.0 Å². The molecule has 0 atom stereocenters. The highest BCUT2D eigenvalue weighted by Gasteiger charge is 2.20. The molecular weight excluding hydrogens is 370 g/mol. The lowest BCUT2D eigenvalue weighted by atomic mass is 10.2. The fourth-order valence-electron chi connectivity index (χ4n) is 3.53. The highest BCUT2D eigenvalue weighted by atomic mass is 16.5. The second kappa shape index (κ2) is 9.02. The molecular formula is C21H25N5O3. The van der Waals surface area contributed by atoms with Gasteiger partial charge < -0.3 is 14.8 Å². The summed E-state index contributed by atoms with van der Waals surface area (Å²) in [5, 5.41) is 8.37. The molecule has 3 aromatic rings. The topological polar surface area (TPSA) is 81.5 Å². The Morgan fingerprint density at radius 3 is 2.83 bits per heavy atom. The van der Waals surface area contributed by atoms with E-state index >= 15 is 0 Å². The SMILES string of the molecule is COc1cccc2c(C(=O)NCc3cccnc3)nn(CCN3CCOCC3)c12. The number of amides is 1. The number of fused-ring (bicyclic) bond motifs is 1. The number of carbonyl (C=O) groups is 1. The average molecular weight is 395 g/mol. The van der Waals surface area contributed by atoms with Gasteiger partial charge in [0.25, 0.3) is 5.91 Å². The van der Waals surface area contributed by atoms with Gasteiger partial charge in [-0.25, -0.2) is 0 Å². The number of pyridine rings is 1. The van der Waals surface area contributed by atoms with Crippen LogP contribution in [0.2, 0.25) is 0 Å². The Morgan fingerprint density at radius 2 is 2.07 bits per heavy atom. The molecule has 4 rings (SSSR count). The zero-order valence-corrected chi connectivity index (χ0v) is 16.5. The van der Waals surface area contributed by atoms with E-state index in [1.165, 1.54) is 0 Å². The van der Waals surface area contributed by atoms with Gasteiger partial charge in [-0.1, -0.05) is 18.2 Å². The summed E-state index contributed by atoms with van der Waals surface area (Å²) in [6.07, 6.45) is 3.45. The van der Waals surface area contributed by atoms with Gasteiger partial charge in [-0.3, -0.25) is 19.4 Å². The Kier molecular flexibility index (Phi) is 6.02. The average Bonchev–Trinajstić information content (AvgIpc) is 3.16. The van der Waals surface area contributed by atoms with Crippen LogP contribution in [0.15, 0.2) is 42.7 Å². The van der Waals surface area contributed by atoms with E-state index in [1.807, 2.05) is 35.0 Å². The normalized spacial score (nSPS) is 14.8. The van der Waals surface area contributed by atoms with Crippen LogP contribution in [-0.4, -0.2) is 65.5 Å². The highest BCUT2D eigenvalue weighted by molar-refractivity contribution is 6.06. The van der Waals surface area contributed by atoms with Gasteiger partial charge in [0, 0.05) is 44.0 Å². The first kappa shape index (κ1) is 19.4. The maximum atomic E-state index is 12.9. The Morgan fingerprint density at radius 1 is 1.21 bits per heavy atom. The molecule has 1 fully saturated rings. The molecule has 1 aliphatic rings. The Labute approximate surface area is 169 Å². The summed E-state index contributed by atoms with van der Waals surface area (Å²) in [5.41, 5.74) is 2.19. The molecule has 3 heterocycles. The third-order valence-electron chi connectivity index (χ3n) is 5.08. The number of para-hydroxylation sites is 1. The van der Waals surface area contributed by atoms with Crippen molar-refractivity contribution in [2.24, 2.45) is 0 Å². The maximum Gasteiger partial charge on any atom is 0.272 e. The van der Waals surface area contributed by atoms with Crippen molar-refractivity contribution >= 4 is 16.8 Å². The van der Waals surface area contributed by atoms with Crippen LogP contribution in [0.25, 0.3) is 10.9 Å². The molecule has 8 heteroatoms. The molecule has 29 heavy (non-hydrogen) atoms. The molecule has 0 radical (unpaired) electrons. The predicted octanol–water partition coefficient (Wildman–Crippen LogP) is 1.70. The van der Waals surface area contributed by atoms with E-state index in [0.29, 0.717) is 24.5 Å². The summed E-state index contributed by atoms with van der Waals surface area (Å²) in [4.78, 5) is 19.3. The molecule has 1 amide bonds. The summed E-state index contributed by atoms with van der Waals surface area (Å²) in [6.45, 7) is 5.25. The number of benzene rings is 1. The quantitative estimate of drug-likeness (QED) is 0.656. The van der Waals surface area contributed by atoms with Gasteiger partial charge in [0.1, 0.15) is 11.3 Å². The zero-order chi connectivity index (χ0) is 20.1. The van der Waals surface area contributed by atoms with E-state index in [-0.39, 0.29) is 5.91 Å². The first-order valence-electron chi connectivity index (χ1n) is 9.77. The van der Waals surface area contributed by atoms with Crippen molar-refractivity contribution in [3.63, 3.8) is 0 Å². The van der Waals surface area contributed by atoms with Gasteiger partial charge in [-0.15, -0.1) is 0 Å². The fraction of sp³-hybridized carbons (Fsp3) is 0.381. The minimum absolute atomic E-state index is 0.211. The van der Waals surface area contributed by atoms with Crippen LogP contribution < -0.4 is 10.1 Å². The van der Waals surface area contributed by atoms with Crippen LogP contribution in [0.4, 0.5) is 0 Å². The third-order valence-corrected chi connectivity index (χ3v) is 5.08. The number of methoxy groups -OCH3 is 1. The fourth-order valence-corrected chi connectivity index (χ4v) is 3.53. The predicted molar refractivity (Wildman–Crippen MR) is 109 cm³/mol. The zero-order valence-electron chi connectivity index (χ0n) is 16.5. The van der Waals surface area contributed by atoms with Crippen LogP contribution in [0.5, 0.6) is 5.75 Å². The second-order valence-corrected chi connectivity index (χ2v) is 6.93. The lowest BCUT2D eigenvalue weighted by Gasteiger charge is -2.26. The van der Waals surface area contributed by atoms with Crippen molar-refractivity contribution in [1.82, 2.24) is 25.0 Å². The van der Waals surface area contributed by atoms with Crippen LogP contribution in [-0.2, 0) is 17.8 Å². The van der Waals surface area contributed by atoms with Gasteiger partial charge in [0.05, 0.1) is 26.9 Å². The van der Waals surface area contributed by atoms with E-state index in [9.17, 15) is 4.79 Å². The second-order valence-electron chi connectivity index (χ2n) is 6.93. The standard InChI is InChI=1S/C21H25N5O3/c1-28-18-6-2-5-17-19(21(27)23-15-16-4-3-7-22-14-16)24-26(20(17)18)9-8-25-10-12-29-13-11-25/h2-7,14H,8-13,15H2,1H3,(H,23,27). The van der Waals surface area contributed by atoms with Crippen molar-refractivity contribution in [1.29, 1.82) is 0 Å². The number of aromatic nitrogens is 3. The molecule has 1 aromatic carbocycles. The summed E-state index contributed by atoms with van der Waals surface area (Å²) in [5.74, 6) is 0.500. The molecule has 1 N–H and O–H groups in total. The summed E-state index contributed by atoms with van der Waals surface area (Å²) < 4.78 is 12.8. The maximum absolute atomic E-state index is 12.9. The third kappa shape index (κ3) is 4.38. The van der Waals surface area contributed by atoms with Crippen LogP contribution in [0.1, 0.15) is 16.1 Å². The number of hydrogen-bond acceptors (Lipinski definition) is 6. The molecule has 1 saturated heterocycles. The molecule has 0 bridgehead atoms. The van der Waals surface area contributed by atoms with Gasteiger partial charge in [-0.05, 0) is 17.7 Å². The number of hydrogen-bond donors (Lipinski definition) is 1. The molecule has 2 aromatic heterocycles. The van der Waals surface area contributed by atoms with Gasteiger partial charge >= 0.3 is 0 Å². The summed E-state index contributed by atoms with van der Waals surface area (Å²) in [6, 6.07) is 9.46. The number of rotatable bonds is 7. The van der Waals surface area contributed by atoms with E-state index in [2.05, 4.69) is 20.3 Å². The number of nitrogens with zero attached hydrogens (tertiary/aromatic N) is 4. The summed E-state index contributed by atoms with van der Waals surface area (Å²) >= 11 is 0. The lowest BCUT2D eigenvalue weighted by Crippen LogP contribution is -2.38. The lowest BCUT2D eigenvalue weighted by molar-refractivity contribution is 0.0361. The first-order valence-corrected chi connectivity index (χ1v) is 9.77. The monoisotopic (exact) mass is 395 g/mol. The van der Waals surface area contributed by atoms with Gasteiger partial charge in [0.2, 0.25) is 0 Å². The van der Waals surface area contributed by atoms with Gasteiger partial charge in [-0.2, -0.15) is 5.10 Å². The smallest absolute Gasteiger partial charge is 0.272 e. The van der Waals surface area contributed by atoms with E-state index in [0.717, 1.165) is 49.3 Å². The van der Waals surface area contributed by atoms with Crippen LogP contribution >= 0.6 is 0 Å². The minimum atomic E-state index is -0.211. The van der Waals surface area contributed by atoms with Crippen molar-refractivity contribution < 1.29 is 14.3 Å². The van der Waals surface area contributed by atoms with Crippen molar-refractivity contribution in [3.8, 4) is 5.75 Å². The Bertz CT molecular complexity index is 967. The molecule has 0 aliphatic carbocycles. The number of ether oxygens (including phenoxy) is 2. The first-order chi connectivity index (χ1) is 14.3. The van der Waals surface area contributed by atoms with E-state index < -0.39 is 0 Å². The van der Waals surface area contributed by atoms with Crippen molar-refractivity contribution in [2.45, 2.75) is 13.1 Å². The van der Waals surface area contributed by atoms with Gasteiger partial charge in [0.15, 0.2) is 5.69 Å². The Hall–Kier alpha value is -2.97. The highest BCUT2D eigenvalue weighted by Crippen LogP contribution is 2.28. The minimum Gasteiger partial charge on any atom is -0.494 e. The van der Waals surface area contributed by atoms with Crippen molar-refractivity contribution in [3.05, 3.63) is 54.0 Å². The molecule has 0 saturated carbocycles. The Balaban J connectivity index is 1.57. The molecule has 152 valence electrons. The van der Waals surface area contributed by atoms with E-state index in [4.69, 9.17) is 9.47 Å². The van der Waals surface area contributed by atoms with Crippen LogP contribution in [0, 0.1) is 0 Å². The molecule has 0 spiro atoms. The van der Waals surface area contributed by atoms with Crippen LogP contribution in [0.3, 0.4) is 0 Å². The number of carbonyl (C=O) groups excluding carboxylic acids is 1. The number of nitrogens with one attached hydrogen (secondary N) is 1. The van der Waals surface area contributed by atoms with E-state index in [1.54, 1.807) is 19.5 Å².